The van der Waals surface area contributed by atoms with Crippen LogP contribution in [0.25, 0.3) is 0 Å². The third-order valence-corrected chi connectivity index (χ3v) is 15.3. The van der Waals surface area contributed by atoms with E-state index in [9.17, 15) is 19.2 Å². The Kier molecular flexibility index (Phi) is 17.3. The average molecular weight is 1080 g/mol. The number of halogens is 1. The first-order chi connectivity index (χ1) is 34.9. The lowest BCUT2D eigenvalue weighted by Crippen LogP contribution is -3.00. The van der Waals surface area contributed by atoms with E-state index in [4.69, 9.17) is 29.0 Å². The number of methoxy groups -OCH3 is 1. The molecule has 2 N–H and O–H groups in total. The SMILES string of the molecule is COc1ccc(COC(=O)C2=C(CSc3nc(C)cc(C)[n+]3C)CSC3C(NC(=O)/C(=N\OC(C)(C)C(=O)OC(C)(C)C)c4csc(NC(c5ccccc5)(c5ccccc5)c5ccccc5)n4)C(=O)N23)cc1.[Cl-]. The van der Waals surface area contributed by atoms with Gasteiger partial charge in [-0.15, -0.1) is 23.1 Å². The lowest BCUT2D eigenvalue weighted by molar-refractivity contribution is -0.719. The highest BCUT2D eigenvalue weighted by Crippen LogP contribution is 2.43. The number of ether oxygens (including phenoxy) is 3. The summed E-state index contributed by atoms with van der Waals surface area (Å²) in [6.07, 6.45) is 0. The summed E-state index contributed by atoms with van der Waals surface area (Å²) >= 11 is 4.11. The highest BCUT2D eigenvalue weighted by atomic mass is 35.5. The number of thiazole rings is 1. The van der Waals surface area contributed by atoms with Crippen LogP contribution in [0, 0.1) is 13.8 Å². The smallest absolute Gasteiger partial charge is 0.359 e. The van der Waals surface area contributed by atoms with Crippen molar-refractivity contribution in [3.63, 3.8) is 0 Å². The monoisotopic (exact) mass is 1080 g/mol. The van der Waals surface area contributed by atoms with Crippen molar-refractivity contribution < 1.29 is 55.2 Å². The minimum Gasteiger partial charge on any atom is -1.00 e. The molecule has 4 heterocycles. The summed E-state index contributed by atoms with van der Waals surface area (Å²) in [6.45, 7) is 12.1. The van der Waals surface area contributed by atoms with Gasteiger partial charge >= 0.3 is 17.1 Å². The molecule has 0 spiro atoms. The van der Waals surface area contributed by atoms with Gasteiger partial charge in [-0.2, -0.15) is 0 Å². The maximum atomic E-state index is 14.8. The van der Waals surface area contributed by atoms with Crippen LogP contribution in [0.2, 0.25) is 0 Å². The number of aryl methyl sites for hydroxylation is 2. The molecular weight excluding hydrogens is 1020 g/mol. The van der Waals surface area contributed by atoms with E-state index in [0.717, 1.165) is 38.8 Å². The van der Waals surface area contributed by atoms with E-state index < -0.39 is 51.9 Å². The summed E-state index contributed by atoms with van der Waals surface area (Å²) in [5.74, 6) is -1.33. The van der Waals surface area contributed by atoms with Gasteiger partial charge in [-0.1, -0.05) is 108 Å². The van der Waals surface area contributed by atoms with Gasteiger partial charge in [0.05, 0.1) is 14.2 Å². The van der Waals surface area contributed by atoms with Gasteiger partial charge in [0.25, 0.3) is 11.8 Å². The Hall–Kier alpha value is -6.73. The van der Waals surface area contributed by atoms with Gasteiger partial charge < -0.3 is 42.1 Å². The minimum atomic E-state index is -1.65. The van der Waals surface area contributed by atoms with Crippen molar-refractivity contribution in [1.82, 2.24) is 20.2 Å². The van der Waals surface area contributed by atoms with Crippen LogP contribution in [-0.4, -0.2) is 85.6 Å². The Bertz CT molecular complexity index is 2960. The molecule has 2 unspecified atom stereocenters. The van der Waals surface area contributed by atoms with Crippen LogP contribution in [0.5, 0.6) is 5.75 Å². The van der Waals surface area contributed by atoms with E-state index in [1.54, 1.807) is 57.5 Å². The molecule has 0 saturated carbocycles. The number of rotatable bonds is 18. The Balaban J connectivity index is 0.00000800. The number of carbonyl (C=O) groups is 4. The van der Waals surface area contributed by atoms with E-state index in [0.29, 0.717) is 28.0 Å². The Morgan fingerprint density at radius 2 is 1.46 bits per heavy atom. The van der Waals surface area contributed by atoms with Gasteiger partial charge in [-0.25, -0.2) is 19.1 Å². The fourth-order valence-electron chi connectivity index (χ4n) is 8.20. The standard InChI is InChI=1S/C55H57N7O8S3.ClH/c1-34-29-35(2)61(8)52(56-34)73-32-37-31-71-48-44(47(64)62(48)45(37)49(65)68-30-36-25-27-41(67-9)28-26-36)58-46(63)43(60-70-54(6,7)50(66)69-53(3,4)5)42-33-72-51(57-42)59-55(38-19-13-10-14-20-38,39-21-15-11-16-22-39)40-23-17-12-18-24-40;/h10-29,33,44,48H,30-32H2,1-9H3,(H-,57,58,59,63);1H/b60-43-;. The number of fused-ring (bicyclic) bond motifs is 1. The summed E-state index contributed by atoms with van der Waals surface area (Å²) < 4.78 is 18.8. The quantitative estimate of drug-likeness (QED) is 0.0163. The van der Waals surface area contributed by atoms with Crippen LogP contribution in [0.1, 0.15) is 74.0 Å². The third-order valence-electron chi connectivity index (χ3n) is 12.1. The van der Waals surface area contributed by atoms with E-state index in [1.807, 2.05) is 123 Å². The predicted molar refractivity (Wildman–Crippen MR) is 283 cm³/mol. The summed E-state index contributed by atoms with van der Waals surface area (Å²) in [5.41, 5.74) is 2.61. The first kappa shape index (κ1) is 55.0. The molecule has 2 amide bonds. The second-order valence-electron chi connectivity index (χ2n) is 19.0. The maximum Gasteiger partial charge on any atom is 0.359 e. The number of benzene rings is 4. The fourth-order valence-corrected chi connectivity index (χ4v) is 11.5. The number of esters is 2. The second-order valence-corrected chi connectivity index (χ2v) is 21.9. The number of nitrogens with one attached hydrogen (secondary N) is 2. The molecule has 386 valence electrons. The van der Waals surface area contributed by atoms with Crippen LogP contribution in [0.4, 0.5) is 5.13 Å². The summed E-state index contributed by atoms with van der Waals surface area (Å²) in [5, 5.41) is 13.1. The van der Waals surface area contributed by atoms with Gasteiger partial charge in [0.15, 0.2) is 16.5 Å². The number of amides is 2. The molecule has 15 nitrogen and oxygen atoms in total. The van der Waals surface area contributed by atoms with Crippen LogP contribution in [-0.2, 0) is 52.7 Å². The Morgan fingerprint density at radius 1 is 0.865 bits per heavy atom. The van der Waals surface area contributed by atoms with Crippen molar-refractivity contribution in [3.8, 4) is 5.75 Å². The first-order valence-electron chi connectivity index (χ1n) is 23.5. The zero-order chi connectivity index (χ0) is 52.1. The molecule has 4 aromatic carbocycles. The number of aromatic nitrogens is 3. The fraction of sp³-hybridized carbons (Fsp3) is 0.309. The molecule has 8 rings (SSSR count). The molecule has 2 aliphatic heterocycles. The largest absolute Gasteiger partial charge is 1.00 e. The molecule has 0 bridgehead atoms. The average Bonchev–Trinajstić information content (AvgIpc) is 3.85. The minimum absolute atomic E-state index is 0. The number of β-lactam (4-membered cyclic amide) rings is 1. The normalized spacial score (nSPS) is 15.8. The summed E-state index contributed by atoms with van der Waals surface area (Å²) in [4.78, 5) is 73.9. The number of thioether (sulfide) groups is 2. The maximum absolute atomic E-state index is 14.8. The highest BCUT2D eigenvalue weighted by Gasteiger charge is 2.55. The lowest BCUT2D eigenvalue weighted by atomic mass is 9.77. The van der Waals surface area contributed by atoms with Gasteiger partial charge in [0.1, 0.15) is 52.0 Å². The topological polar surface area (TPSA) is 175 Å². The zero-order valence-electron chi connectivity index (χ0n) is 42.5. The van der Waals surface area contributed by atoms with Crippen molar-refractivity contribution in [2.24, 2.45) is 12.2 Å². The first-order valence-corrected chi connectivity index (χ1v) is 26.4. The highest BCUT2D eigenvalue weighted by molar-refractivity contribution is 8.01. The zero-order valence-corrected chi connectivity index (χ0v) is 45.7. The van der Waals surface area contributed by atoms with Crippen LogP contribution in [0.15, 0.2) is 148 Å². The third kappa shape index (κ3) is 12.1. The molecule has 74 heavy (non-hydrogen) atoms. The van der Waals surface area contributed by atoms with Crippen molar-refractivity contribution in [2.45, 2.75) is 88.4 Å². The molecule has 1 saturated heterocycles. The Morgan fingerprint density at radius 3 is 2.03 bits per heavy atom. The summed E-state index contributed by atoms with van der Waals surface area (Å²) in [7, 11) is 3.50. The predicted octanol–water partition coefficient (Wildman–Crippen LogP) is 5.43. The van der Waals surface area contributed by atoms with Crippen molar-refractivity contribution >= 4 is 69.5 Å². The molecular formula is C55H58ClN7O8S3. The number of anilines is 1. The molecule has 2 aromatic heterocycles. The molecule has 19 heteroatoms. The van der Waals surface area contributed by atoms with Crippen LogP contribution < -0.4 is 32.3 Å². The molecule has 2 atom stereocenters. The lowest BCUT2D eigenvalue weighted by Gasteiger charge is -2.49. The molecule has 0 radical (unpaired) electrons. The number of hydrogen-bond donors (Lipinski definition) is 2. The number of hydrogen-bond acceptors (Lipinski definition) is 15. The van der Waals surface area contributed by atoms with Crippen molar-refractivity contribution in [2.75, 3.05) is 23.9 Å². The number of nitrogens with zero attached hydrogens (tertiary/aromatic N) is 5. The van der Waals surface area contributed by atoms with Crippen LogP contribution >= 0.6 is 34.9 Å². The second kappa shape index (κ2) is 23.2. The van der Waals surface area contributed by atoms with Crippen molar-refractivity contribution in [3.05, 3.63) is 177 Å². The van der Waals surface area contributed by atoms with Gasteiger partial charge in [-0.05, 0) is 98.2 Å². The molecule has 1 fully saturated rings. The van der Waals surface area contributed by atoms with Gasteiger partial charge in [0.2, 0.25) is 5.60 Å². The van der Waals surface area contributed by atoms with E-state index in [2.05, 4.69) is 15.8 Å². The molecule has 6 aromatic rings. The van der Waals surface area contributed by atoms with E-state index in [-0.39, 0.29) is 36.1 Å². The van der Waals surface area contributed by atoms with Crippen molar-refractivity contribution in [1.29, 1.82) is 0 Å². The van der Waals surface area contributed by atoms with E-state index in [1.165, 1.54) is 53.6 Å². The number of oxime groups is 1. The molecule has 0 aliphatic carbocycles. The van der Waals surface area contributed by atoms with Crippen LogP contribution in [0.3, 0.4) is 0 Å². The van der Waals surface area contributed by atoms with E-state index >= 15 is 0 Å². The number of carbonyl (C=O) groups excluding carboxylic acids is 4. The molecule has 2 aliphatic rings. The Labute approximate surface area is 449 Å². The van der Waals surface area contributed by atoms with Gasteiger partial charge in [-0.3, -0.25) is 14.5 Å². The summed E-state index contributed by atoms with van der Waals surface area (Å²) in [6, 6.07) is 38.1. The van der Waals surface area contributed by atoms with Gasteiger partial charge in [0, 0.05) is 29.9 Å².